The molecule has 1 aliphatic heterocycles. The minimum Gasteiger partial charge on any atom is -0.391 e. The Bertz CT molecular complexity index is 304. The van der Waals surface area contributed by atoms with Crippen molar-refractivity contribution in [3.05, 3.63) is 0 Å². The van der Waals surface area contributed by atoms with Gasteiger partial charge >= 0.3 is 0 Å². The Hall–Kier alpha value is -0.0800. The number of hydrogen-bond acceptors (Lipinski definition) is 2. The van der Waals surface area contributed by atoms with Crippen LogP contribution in [-0.2, 0) is 0 Å². The molecular formula is C17H31NO. The molecule has 0 aromatic heterocycles. The Morgan fingerprint density at radius 1 is 0.947 bits per heavy atom. The summed E-state index contributed by atoms with van der Waals surface area (Å²) in [7, 11) is 0. The Kier molecular flexibility index (Phi) is 4.19. The number of likely N-dealkylation sites (tertiary alicyclic amines) is 1. The molecule has 0 spiro atoms. The third kappa shape index (κ3) is 2.71. The third-order valence-corrected chi connectivity index (χ3v) is 6.23. The standard InChI is InChI=1S/C17H31NO/c1-12(2)14-8-9-17(19)16(11-14)18-10-4-6-13-5-3-7-15(13)18/h12-17,19H,3-11H2,1-2H3. The number of piperidine rings is 1. The van der Waals surface area contributed by atoms with Gasteiger partial charge in [-0.05, 0) is 69.2 Å². The summed E-state index contributed by atoms with van der Waals surface area (Å²) in [4.78, 5) is 2.74. The predicted molar refractivity (Wildman–Crippen MR) is 79.0 cm³/mol. The zero-order chi connectivity index (χ0) is 13.4. The van der Waals surface area contributed by atoms with Gasteiger partial charge in [0, 0.05) is 12.1 Å². The molecule has 3 aliphatic rings. The van der Waals surface area contributed by atoms with E-state index in [1.54, 1.807) is 0 Å². The highest BCUT2D eigenvalue weighted by Gasteiger charge is 2.42. The summed E-state index contributed by atoms with van der Waals surface area (Å²) in [6.45, 7) is 5.95. The first-order valence-corrected chi connectivity index (χ1v) is 8.60. The molecule has 2 nitrogen and oxygen atoms in total. The zero-order valence-electron chi connectivity index (χ0n) is 12.7. The summed E-state index contributed by atoms with van der Waals surface area (Å²) in [5.41, 5.74) is 0. The minimum atomic E-state index is -0.0608. The van der Waals surface area contributed by atoms with Gasteiger partial charge in [-0.1, -0.05) is 20.3 Å². The smallest absolute Gasteiger partial charge is 0.0695 e. The number of fused-ring (bicyclic) bond motifs is 1. The van der Waals surface area contributed by atoms with E-state index in [0.717, 1.165) is 30.2 Å². The average Bonchev–Trinajstić information content (AvgIpc) is 2.87. The van der Waals surface area contributed by atoms with Crippen molar-refractivity contribution in [2.75, 3.05) is 6.54 Å². The molecular weight excluding hydrogens is 234 g/mol. The summed E-state index contributed by atoms with van der Waals surface area (Å²) in [5.74, 6) is 2.55. The van der Waals surface area contributed by atoms with E-state index in [4.69, 9.17) is 0 Å². The van der Waals surface area contributed by atoms with Crippen LogP contribution in [0.5, 0.6) is 0 Å². The van der Waals surface area contributed by atoms with Crippen molar-refractivity contribution in [3.63, 3.8) is 0 Å². The maximum absolute atomic E-state index is 10.5. The van der Waals surface area contributed by atoms with Crippen LogP contribution in [0.2, 0.25) is 0 Å². The van der Waals surface area contributed by atoms with Crippen LogP contribution < -0.4 is 0 Å². The Morgan fingerprint density at radius 3 is 2.53 bits per heavy atom. The lowest BCUT2D eigenvalue weighted by Crippen LogP contribution is -2.55. The monoisotopic (exact) mass is 265 g/mol. The lowest BCUT2D eigenvalue weighted by atomic mass is 9.76. The van der Waals surface area contributed by atoms with Crippen molar-refractivity contribution in [2.24, 2.45) is 17.8 Å². The summed E-state index contributed by atoms with van der Waals surface area (Å²) >= 11 is 0. The van der Waals surface area contributed by atoms with Crippen molar-refractivity contribution in [1.82, 2.24) is 4.90 Å². The molecule has 110 valence electrons. The summed E-state index contributed by atoms with van der Waals surface area (Å²) in [6.07, 6.45) is 10.5. The molecule has 2 aliphatic carbocycles. The second-order valence-corrected chi connectivity index (χ2v) is 7.59. The van der Waals surface area contributed by atoms with Crippen molar-refractivity contribution >= 4 is 0 Å². The number of rotatable bonds is 2. The molecule has 2 heteroatoms. The van der Waals surface area contributed by atoms with Crippen molar-refractivity contribution in [1.29, 1.82) is 0 Å². The van der Waals surface area contributed by atoms with Gasteiger partial charge in [-0.2, -0.15) is 0 Å². The normalized spacial score (nSPS) is 44.5. The molecule has 1 N–H and O–H groups in total. The fourth-order valence-corrected chi connectivity index (χ4v) is 5.03. The molecule has 0 aromatic carbocycles. The second kappa shape index (κ2) is 5.73. The van der Waals surface area contributed by atoms with Gasteiger partial charge in [0.15, 0.2) is 0 Å². The fourth-order valence-electron chi connectivity index (χ4n) is 5.03. The average molecular weight is 265 g/mol. The van der Waals surface area contributed by atoms with Crippen LogP contribution in [0.25, 0.3) is 0 Å². The molecule has 3 rings (SSSR count). The lowest BCUT2D eigenvalue weighted by molar-refractivity contribution is -0.0425. The predicted octanol–water partition coefficient (Wildman–Crippen LogP) is 3.44. The largest absolute Gasteiger partial charge is 0.391 e. The lowest BCUT2D eigenvalue weighted by Gasteiger charge is -2.48. The molecule has 3 fully saturated rings. The number of hydrogen-bond donors (Lipinski definition) is 1. The molecule has 2 saturated carbocycles. The van der Waals surface area contributed by atoms with Crippen LogP contribution >= 0.6 is 0 Å². The SMILES string of the molecule is CC(C)C1CCC(O)C(N2CCCC3CCCC32)C1. The molecule has 5 atom stereocenters. The van der Waals surface area contributed by atoms with Crippen LogP contribution in [-0.4, -0.2) is 34.7 Å². The number of aliphatic hydroxyl groups excluding tert-OH is 1. The van der Waals surface area contributed by atoms with Crippen LogP contribution in [0.15, 0.2) is 0 Å². The maximum atomic E-state index is 10.5. The highest BCUT2D eigenvalue weighted by atomic mass is 16.3. The zero-order valence-corrected chi connectivity index (χ0v) is 12.7. The first kappa shape index (κ1) is 13.9. The molecule has 19 heavy (non-hydrogen) atoms. The fraction of sp³-hybridized carbons (Fsp3) is 1.00. The van der Waals surface area contributed by atoms with Crippen LogP contribution in [0.4, 0.5) is 0 Å². The number of aliphatic hydroxyl groups is 1. The van der Waals surface area contributed by atoms with Crippen molar-refractivity contribution in [2.45, 2.75) is 83.4 Å². The Labute approximate surface area is 118 Å². The Morgan fingerprint density at radius 2 is 1.74 bits per heavy atom. The van der Waals surface area contributed by atoms with Gasteiger partial charge in [0.05, 0.1) is 6.10 Å². The molecule has 1 heterocycles. The molecule has 0 bridgehead atoms. The first-order chi connectivity index (χ1) is 9.16. The topological polar surface area (TPSA) is 23.5 Å². The van der Waals surface area contributed by atoms with Crippen molar-refractivity contribution in [3.8, 4) is 0 Å². The molecule has 1 saturated heterocycles. The minimum absolute atomic E-state index is 0.0608. The molecule has 0 aromatic rings. The van der Waals surface area contributed by atoms with Gasteiger partial charge in [0.2, 0.25) is 0 Å². The second-order valence-electron chi connectivity index (χ2n) is 7.59. The van der Waals surface area contributed by atoms with Crippen molar-refractivity contribution < 1.29 is 5.11 Å². The van der Waals surface area contributed by atoms with E-state index in [1.165, 1.54) is 51.5 Å². The molecule has 5 unspecified atom stereocenters. The van der Waals surface area contributed by atoms with Gasteiger partial charge in [-0.3, -0.25) is 4.90 Å². The van der Waals surface area contributed by atoms with Crippen LogP contribution in [0.3, 0.4) is 0 Å². The van der Waals surface area contributed by atoms with E-state index in [-0.39, 0.29) is 6.10 Å². The highest BCUT2D eigenvalue weighted by Crippen LogP contribution is 2.41. The number of nitrogens with zero attached hydrogens (tertiary/aromatic N) is 1. The van der Waals surface area contributed by atoms with Crippen LogP contribution in [0.1, 0.15) is 65.2 Å². The highest BCUT2D eigenvalue weighted by molar-refractivity contribution is 4.96. The van der Waals surface area contributed by atoms with Gasteiger partial charge in [-0.15, -0.1) is 0 Å². The van der Waals surface area contributed by atoms with E-state index < -0.39 is 0 Å². The van der Waals surface area contributed by atoms with E-state index in [1.807, 2.05) is 0 Å². The van der Waals surface area contributed by atoms with Gasteiger partial charge < -0.3 is 5.11 Å². The van der Waals surface area contributed by atoms with Crippen LogP contribution in [0, 0.1) is 17.8 Å². The molecule has 0 radical (unpaired) electrons. The van der Waals surface area contributed by atoms with Gasteiger partial charge in [-0.25, -0.2) is 0 Å². The third-order valence-electron chi connectivity index (χ3n) is 6.23. The van der Waals surface area contributed by atoms with E-state index in [0.29, 0.717) is 6.04 Å². The van der Waals surface area contributed by atoms with Gasteiger partial charge in [0.25, 0.3) is 0 Å². The summed E-state index contributed by atoms with van der Waals surface area (Å²) < 4.78 is 0. The Balaban J connectivity index is 1.71. The summed E-state index contributed by atoms with van der Waals surface area (Å²) in [5, 5.41) is 10.5. The molecule has 0 amide bonds. The summed E-state index contributed by atoms with van der Waals surface area (Å²) in [6, 6.07) is 1.27. The first-order valence-electron chi connectivity index (χ1n) is 8.60. The van der Waals surface area contributed by atoms with Gasteiger partial charge in [0.1, 0.15) is 0 Å². The van der Waals surface area contributed by atoms with E-state index >= 15 is 0 Å². The van der Waals surface area contributed by atoms with E-state index in [9.17, 15) is 5.11 Å². The van der Waals surface area contributed by atoms with E-state index in [2.05, 4.69) is 18.7 Å². The maximum Gasteiger partial charge on any atom is 0.0695 e. The quantitative estimate of drug-likeness (QED) is 0.827.